The fourth-order valence-corrected chi connectivity index (χ4v) is 7.52. The summed E-state index contributed by atoms with van der Waals surface area (Å²) >= 11 is 0. The molecule has 2 heterocycles. The Hall–Kier alpha value is -3.32. The molecule has 0 spiro atoms. The summed E-state index contributed by atoms with van der Waals surface area (Å²) in [5.41, 5.74) is 0. The highest BCUT2D eigenvalue weighted by atomic mass is 16.7. The predicted octanol–water partition coefficient (Wildman–Crippen LogP) is 7.60. The highest BCUT2D eigenvalue weighted by molar-refractivity contribution is 5.70. The summed E-state index contributed by atoms with van der Waals surface area (Å²) in [4.78, 5) is 25.7. The van der Waals surface area contributed by atoms with E-state index in [0.29, 0.717) is 12.8 Å². The number of esters is 2. The topological polar surface area (TPSA) is 231 Å². The summed E-state index contributed by atoms with van der Waals surface area (Å²) in [7, 11) is 0. The van der Waals surface area contributed by atoms with E-state index in [4.69, 9.17) is 28.4 Å². The second kappa shape index (κ2) is 41.2. The van der Waals surface area contributed by atoms with Gasteiger partial charge >= 0.3 is 11.9 Å². The highest BCUT2D eigenvalue weighted by Crippen LogP contribution is 2.26. The molecular formula is C55H90O15. The Morgan fingerprint density at radius 3 is 1.43 bits per heavy atom. The molecule has 0 radical (unpaired) electrons. The van der Waals surface area contributed by atoms with Gasteiger partial charge in [0.1, 0.15) is 55.4 Å². The predicted molar refractivity (Wildman–Crippen MR) is 270 cm³/mol. The number of unbranched alkanes of at least 4 members (excludes halogenated alkanes) is 11. The number of hydrogen-bond acceptors (Lipinski definition) is 15. The van der Waals surface area contributed by atoms with Gasteiger partial charge in [-0.05, 0) is 83.5 Å². The van der Waals surface area contributed by atoms with Crippen LogP contribution in [0.5, 0.6) is 0 Å². The van der Waals surface area contributed by atoms with Gasteiger partial charge < -0.3 is 64.2 Å². The Morgan fingerprint density at radius 1 is 0.457 bits per heavy atom. The van der Waals surface area contributed by atoms with Gasteiger partial charge in [-0.2, -0.15) is 0 Å². The van der Waals surface area contributed by atoms with Gasteiger partial charge in [-0.1, -0.05) is 144 Å². The molecule has 0 bridgehead atoms. The van der Waals surface area contributed by atoms with Gasteiger partial charge in [0.15, 0.2) is 18.7 Å². The van der Waals surface area contributed by atoms with Crippen molar-refractivity contribution in [2.75, 3.05) is 26.4 Å². The fraction of sp³-hybridized carbons (Fsp3) is 0.709. The van der Waals surface area contributed by atoms with Crippen molar-refractivity contribution in [2.24, 2.45) is 0 Å². The molecule has 0 saturated carbocycles. The number of carbonyl (C=O) groups is 2. The van der Waals surface area contributed by atoms with Crippen LogP contribution in [0.1, 0.15) is 155 Å². The van der Waals surface area contributed by atoms with Crippen LogP contribution in [-0.2, 0) is 38.0 Å². The molecule has 0 amide bonds. The molecule has 400 valence electrons. The van der Waals surface area contributed by atoms with E-state index in [9.17, 15) is 45.3 Å². The van der Waals surface area contributed by atoms with Crippen molar-refractivity contribution in [3.8, 4) is 0 Å². The maximum Gasteiger partial charge on any atom is 0.306 e. The molecule has 2 aliphatic heterocycles. The van der Waals surface area contributed by atoms with Gasteiger partial charge in [0, 0.05) is 12.8 Å². The van der Waals surface area contributed by atoms with Crippen LogP contribution in [0.2, 0.25) is 0 Å². The van der Waals surface area contributed by atoms with E-state index in [-0.39, 0.29) is 19.4 Å². The van der Waals surface area contributed by atoms with Crippen LogP contribution in [-0.4, -0.2) is 142 Å². The maximum absolute atomic E-state index is 13.0. The number of carbonyl (C=O) groups excluding carboxylic acids is 2. The van der Waals surface area contributed by atoms with Crippen molar-refractivity contribution >= 4 is 11.9 Å². The quantitative estimate of drug-likeness (QED) is 0.0179. The van der Waals surface area contributed by atoms with Crippen molar-refractivity contribution in [3.63, 3.8) is 0 Å². The summed E-state index contributed by atoms with van der Waals surface area (Å²) in [5, 5.41) is 72.1. The Morgan fingerprint density at radius 2 is 0.886 bits per heavy atom. The first-order chi connectivity index (χ1) is 34.0. The van der Waals surface area contributed by atoms with Crippen molar-refractivity contribution in [3.05, 3.63) is 85.1 Å². The molecule has 0 aromatic rings. The lowest BCUT2D eigenvalue weighted by Crippen LogP contribution is -2.61. The van der Waals surface area contributed by atoms with Gasteiger partial charge in [0.25, 0.3) is 0 Å². The lowest BCUT2D eigenvalue weighted by atomic mass is 9.98. The minimum atomic E-state index is -1.79. The van der Waals surface area contributed by atoms with Crippen molar-refractivity contribution < 1.29 is 73.8 Å². The van der Waals surface area contributed by atoms with Crippen LogP contribution in [0.3, 0.4) is 0 Å². The second-order valence-corrected chi connectivity index (χ2v) is 18.0. The maximum atomic E-state index is 13.0. The minimum Gasteiger partial charge on any atom is -0.462 e. The fourth-order valence-electron chi connectivity index (χ4n) is 7.52. The Bertz CT molecular complexity index is 1540. The molecule has 15 heteroatoms. The third-order valence-electron chi connectivity index (χ3n) is 11.9. The summed E-state index contributed by atoms with van der Waals surface area (Å²) in [5.74, 6) is -1.07. The monoisotopic (exact) mass is 991 g/mol. The summed E-state index contributed by atoms with van der Waals surface area (Å²) in [6.07, 6.45) is 33.4. The molecular weight excluding hydrogens is 901 g/mol. The average molecular weight is 991 g/mol. The lowest BCUT2D eigenvalue weighted by Gasteiger charge is -2.42. The normalized spacial score (nSPS) is 26.1. The van der Waals surface area contributed by atoms with E-state index >= 15 is 0 Å². The molecule has 0 aromatic carbocycles. The number of ether oxygens (including phenoxy) is 6. The van der Waals surface area contributed by atoms with E-state index in [1.54, 1.807) is 0 Å². The highest BCUT2D eigenvalue weighted by Gasteiger charge is 2.47. The molecule has 0 aliphatic carbocycles. The van der Waals surface area contributed by atoms with Gasteiger partial charge in [-0.15, -0.1) is 0 Å². The summed E-state index contributed by atoms with van der Waals surface area (Å²) < 4.78 is 33.4. The minimum absolute atomic E-state index is 0.0831. The third kappa shape index (κ3) is 28.7. The molecule has 2 saturated heterocycles. The number of aliphatic hydroxyl groups is 7. The molecule has 4 unspecified atom stereocenters. The first-order valence-corrected chi connectivity index (χ1v) is 26.2. The first kappa shape index (κ1) is 62.8. The summed E-state index contributed by atoms with van der Waals surface area (Å²) in [6, 6.07) is 0. The molecule has 15 nitrogen and oxygen atoms in total. The van der Waals surface area contributed by atoms with Gasteiger partial charge in [0.2, 0.25) is 0 Å². The number of aliphatic hydroxyl groups excluding tert-OH is 7. The zero-order valence-electron chi connectivity index (χ0n) is 42.2. The second-order valence-electron chi connectivity index (χ2n) is 18.0. The van der Waals surface area contributed by atoms with Gasteiger partial charge in [-0.25, -0.2) is 0 Å². The third-order valence-corrected chi connectivity index (χ3v) is 11.9. The van der Waals surface area contributed by atoms with Crippen LogP contribution < -0.4 is 0 Å². The van der Waals surface area contributed by atoms with Crippen LogP contribution in [0.4, 0.5) is 0 Å². The van der Waals surface area contributed by atoms with E-state index in [1.807, 2.05) is 12.2 Å². The Labute approximate surface area is 418 Å². The Kier molecular flexibility index (Phi) is 36.9. The standard InChI is InChI=1S/C55H90O15/c1-3-5-7-9-11-13-15-17-19-20-21-22-24-25-27-29-31-33-35-37-46(57)65-40-43(68-47(58)38-36-34-32-30-28-26-23-18-16-14-12-10-8-6-4-2)41-66-54-53(64)51(62)49(60)45(70-54)42-67-55-52(63)50(61)48(59)44(39-56)69-55/h11,13,17-19,21-23,25,27-28,30-31,33,43-45,48-56,59-64H,3-10,12,14-16,20,24,26,29,32,34-42H2,1-2H3/b13-11+,19-17+,22-21+,23-18+,27-25+,30-28+,33-31+/t43-,44+,45+,48-,49-,50?,51?,52?,53?,54+,55+/m0/s1. The SMILES string of the molecule is CCCCC/C=C/C/C=C/C/C=C/C/C=C/C/C=C/CCC(=O)OC[C@@H](CO[C@@H]1O[C@H](CO[C@@H]2O[C@H](CO)[C@H](O)C(O)C2O)[C@H](O)C(O)C1O)OC(=O)CCCC/C=C/C/C=C/CCCCCCCC. The van der Waals surface area contributed by atoms with Gasteiger partial charge in [-0.3, -0.25) is 9.59 Å². The summed E-state index contributed by atoms with van der Waals surface area (Å²) in [6.45, 7) is 2.42. The van der Waals surface area contributed by atoms with Crippen molar-refractivity contribution in [1.29, 1.82) is 0 Å². The molecule has 2 fully saturated rings. The van der Waals surface area contributed by atoms with Crippen LogP contribution >= 0.6 is 0 Å². The largest absolute Gasteiger partial charge is 0.462 e. The average Bonchev–Trinajstić information content (AvgIpc) is 3.35. The molecule has 70 heavy (non-hydrogen) atoms. The van der Waals surface area contributed by atoms with Crippen molar-refractivity contribution in [1.82, 2.24) is 0 Å². The number of rotatable bonds is 39. The van der Waals surface area contributed by atoms with Crippen molar-refractivity contribution in [2.45, 2.75) is 223 Å². The first-order valence-electron chi connectivity index (χ1n) is 26.2. The lowest BCUT2D eigenvalue weighted by molar-refractivity contribution is -0.332. The molecule has 7 N–H and O–H groups in total. The molecule has 2 aliphatic rings. The molecule has 0 aromatic heterocycles. The Balaban J connectivity index is 1.86. The number of allylic oxidation sites excluding steroid dienone is 14. The zero-order valence-corrected chi connectivity index (χ0v) is 42.2. The van der Waals surface area contributed by atoms with E-state index in [0.717, 1.165) is 57.8 Å². The van der Waals surface area contributed by atoms with Crippen LogP contribution in [0.15, 0.2) is 85.1 Å². The van der Waals surface area contributed by atoms with Gasteiger partial charge in [0.05, 0.1) is 19.8 Å². The van der Waals surface area contributed by atoms with E-state index in [2.05, 4.69) is 86.8 Å². The number of hydrogen-bond donors (Lipinski definition) is 7. The zero-order chi connectivity index (χ0) is 51.0. The molecule has 2 rings (SSSR count). The van der Waals surface area contributed by atoms with Crippen LogP contribution in [0, 0.1) is 0 Å². The van der Waals surface area contributed by atoms with Crippen LogP contribution in [0.25, 0.3) is 0 Å². The van der Waals surface area contributed by atoms with E-state index in [1.165, 1.54) is 57.8 Å². The molecule has 11 atom stereocenters. The smallest absolute Gasteiger partial charge is 0.306 e. The van der Waals surface area contributed by atoms with E-state index < -0.39 is 99.3 Å².